The molecular formula is C8H15FO. The molecule has 2 unspecified atom stereocenters. The summed E-state index contributed by atoms with van der Waals surface area (Å²) in [6, 6.07) is 0. The molecular weight excluding hydrogens is 131 g/mol. The van der Waals surface area contributed by atoms with Gasteiger partial charge in [0.1, 0.15) is 6.17 Å². The van der Waals surface area contributed by atoms with Gasteiger partial charge in [-0.3, -0.25) is 0 Å². The Kier molecular flexibility index (Phi) is 3.13. The lowest BCUT2D eigenvalue weighted by atomic mass is 10.1. The minimum Gasteiger partial charge on any atom is -0.375 e. The number of ether oxygens (including phenoxy) is 1. The van der Waals surface area contributed by atoms with Gasteiger partial charge < -0.3 is 4.74 Å². The molecule has 1 aliphatic heterocycles. The van der Waals surface area contributed by atoms with Crippen molar-refractivity contribution in [2.45, 2.75) is 44.9 Å². The van der Waals surface area contributed by atoms with Crippen molar-refractivity contribution < 1.29 is 9.13 Å². The molecule has 0 spiro atoms. The molecule has 1 aliphatic rings. The lowest BCUT2D eigenvalue weighted by molar-refractivity contribution is 0.0394. The zero-order valence-electron chi connectivity index (χ0n) is 6.48. The van der Waals surface area contributed by atoms with Crippen LogP contribution >= 0.6 is 0 Å². The van der Waals surface area contributed by atoms with E-state index in [4.69, 9.17) is 4.74 Å². The van der Waals surface area contributed by atoms with Crippen LogP contribution in [-0.4, -0.2) is 18.9 Å². The highest BCUT2D eigenvalue weighted by molar-refractivity contribution is 4.73. The second-order valence-electron chi connectivity index (χ2n) is 2.86. The van der Waals surface area contributed by atoms with Crippen molar-refractivity contribution >= 4 is 0 Å². The van der Waals surface area contributed by atoms with Crippen molar-refractivity contribution in [3.63, 3.8) is 0 Å². The van der Waals surface area contributed by atoms with Gasteiger partial charge in [0.05, 0.1) is 6.10 Å². The minimum absolute atomic E-state index is 0.0834. The van der Waals surface area contributed by atoms with Gasteiger partial charge in [0.2, 0.25) is 0 Å². The van der Waals surface area contributed by atoms with E-state index in [1.807, 2.05) is 6.92 Å². The Labute approximate surface area is 61.6 Å². The summed E-state index contributed by atoms with van der Waals surface area (Å²) in [4.78, 5) is 0. The molecule has 10 heavy (non-hydrogen) atoms. The number of hydrogen-bond acceptors (Lipinski definition) is 1. The first-order valence-corrected chi connectivity index (χ1v) is 4.10. The normalized spacial score (nSPS) is 28.8. The van der Waals surface area contributed by atoms with E-state index >= 15 is 0 Å². The fourth-order valence-electron chi connectivity index (χ4n) is 1.35. The average Bonchev–Trinajstić information content (AvgIpc) is 2.38. The fraction of sp³-hybridized carbons (Fsp3) is 1.00. The first-order valence-electron chi connectivity index (χ1n) is 4.10. The van der Waals surface area contributed by atoms with Crippen LogP contribution in [0.1, 0.15) is 32.6 Å². The smallest absolute Gasteiger partial charge is 0.126 e. The van der Waals surface area contributed by atoms with E-state index in [0.29, 0.717) is 6.42 Å². The number of alkyl halides is 1. The first kappa shape index (κ1) is 7.99. The summed E-state index contributed by atoms with van der Waals surface area (Å²) in [5.74, 6) is 0. The summed E-state index contributed by atoms with van der Waals surface area (Å²) in [6.45, 7) is 2.76. The first-order chi connectivity index (χ1) is 4.84. The highest BCUT2D eigenvalue weighted by Crippen LogP contribution is 2.20. The maximum Gasteiger partial charge on any atom is 0.126 e. The summed E-state index contributed by atoms with van der Waals surface area (Å²) < 4.78 is 18.2. The minimum atomic E-state index is -0.715. The van der Waals surface area contributed by atoms with Gasteiger partial charge in [-0.15, -0.1) is 0 Å². The molecule has 0 radical (unpaired) electrons. The molecule has 0 bridgehead atoms. The summed E-state index contributed by atoms with van der Waals surface area (Å²) in [5.41, 5.74) is 0. The largest absolute Gasteiger partial charge is 0.375 e. The van der Waals surface area contributed by atoms with E-state index in [1.165, 1.54) is 0 Å². The van der Waals surface area contributed by atoms with Crippen LogP contribution in [0.2, 0.25) is 0 Å². The lowest BCUT2D eigenvalue weighted by Crippen LogP contribution is -2.20. The van der Waals surface area contributed by atoms with Gasteiger partial charge in [0, 0.05) is 6.61 Å². The van der Waals surface area contributed by atoms with Gasteiger partial charge in [-0.25, -0.2) is 4.39 Å². The molecule has 1 saturated heterocycles. The van der Waals surface area contributed by atoms with E-state index in [0.717, 1.165) is 25.9 Å². The Morgan fingerprint density at radius 2 is 2.50 bits per heavy atom. The van der Waals surface area contributed by atoms with Crippen molar-refractivity contribution in [3.8, 4) is 0 Å². The maximum atomic E-state index is 13.0. The summed E-state index contributed by atoms with van der Waals surface area (Å²) in [6.07, 6.45) is 2.73. The van der Waals surface area contributed by atoms with Gasteiger partial charge in [-0.1, -0.05) is 13.3 Å². The van der Waals surface area contributed by atoms with Crippen molar-refractivity contribution in [1.29, 1.82) is 0 Å². The second kappa shape index (κ2) is 3.91. The second-order valence-corrected chi connectivity index (χ2v) is 2.86. The van der Waals surface area contributed by atoms with Gasteiger partial charge >= 0.3 is 0 Å². The van der Waals surface area contributed by atoms with Crippen LogP contribution in [0.25, 0.3) is 0 Å². The zero-order chi connectivity index (χ0) is 7.40. The Bertz CT molecular complexity index is 89.3. The molecule has 0 aromatic rings. The molecule has 2 heteroatoms. The van der Waals surface area contributed by atoms with Crippen molar-refractivity contribution in [3.05, 3.63) is 0 Å². The highest BCUT2D eigenvalue weighted by atomic mass is 19.1. The topological polar surface area (TPSA) is 9.23 Å². The number of rotatable bonds is 3. The molecule has 0 aromatic heterocycles. The van der Waals surface area contributed by atoms with Gasteiger partial charge in [0.25, 0.3) is 0 Å². The molecule has 0 saturated carbocycles. The van der Waals surface area contributed by atoms with Gasteiger partial charge in [-0.2, -0.15) is 0 Å². The van der Waals surface area contributed by atoms with Crippen molar-refractivity contribution in [2.24, 2.45) is 0 Å². The van der Waals surface area contributed by atoms with E-state index in [1.54, 1.807) is 0 Å². The Morgan fingerprint density at radius 1 is 1.70 bits per heavy atom. The van der Waals surface area contributed by atoms with Crippen LogP contribution in [0.15, 0.2) is 0 Å². The van der Waals surface area contributed by atoms with Crippen LogP contribution in [-0.2, 0) is 4.74 Å². The summed E-state index contributed by atoms with van der Waals surface area (Å²) in [7, 11) is 0. The summed E-state index contributed by atoms with van der Waals surface area (Å²) >= 11 is 0. The SMILES string of the molecule is CCCC(F)C1CCCO1. The van der Waals surface area contributed by atoms with E-state index < -0.39 is 6.17 Å². The predicted molar refractivity (Wildman–Crippen MR) is 38.8 cm³/mol. The van der Waals surface area contributed by atoms with Crippen molar-refractivity contribution in [1.82, 2.24) is 0 Å². The van der Waals surface area contributed by atoms with Crippen LogP contribution in [0, 0.1) is 0 Å². The van der Waals surface area contributed by atoms with Crippen LogP contribution < -0.4 is 0 Å². The number of hydrogen-bond donors (Lipinski definition) is 0. The number of halogens is 1. The maximum absolute atomic E-state index is 13.0. The lowest BCUT2D eigenvalue weighted by Gasteiger charge is -2.13. The molecule has 0 aliphatic carbocycles. The van der Waals surface area contributed by atoms with Gasteiger partial charge in [-0.05, 0) is 19.3 Å². The molecule has 1 fully saturated rings. The molecule has 0 amide bonds. The molecule has 1 rings (SSSR count). The highest BCUT2D eigenvalue weighted by Gasteiger charge is 2.24. The molecule has 0 N–H and O–H groups in total. The molecule has 2 atom stereocenters. The quantitative estimate of drug-likeness (QED) is 0.593. The van der Waals surface area contributed by atoms with E-state index in [-0.39, 0.29) is 6.10 Å². The molecule has 60 valence electrons. The van der Waals surface area contributed by atoms with Crippen molar-refractivity contribution in [2.75, 3.05) is 6.61 Å². The standard InChI is InChI=1S/C8H15FO/c1-2-4-7(9)8-5-3-6-10-8/h7-8H,2-6H2,1H3. The molecule has 1 heterocycles. The fourth-order valence-corrected chi connectivity index (χ4v) is 1.35. The summed E-state index contributed by atoms with van der Waals surface area (Å²) in [5, 5.41) is 0. The Morgan fingerprint density at radius 3 is 3.00 bits per heavy atom. The van der Waals surface area contributed by atoms with Crippen LogP contribution in [0.5, 0.6) is 0 Å². The molecule has 1 nitrogen and oxygen atoms in total. The zero-order valence-corrected chi connectivity index (χ0v) is 6.48. The van der Waals surface area contributed by atoms with Crippen LogP contribution in [0.3, 0.4) is 0 Å². The third kappa shape index (κ3) is 1.94. The monoisotopic (exact) mass is 146 g/mol. The Hall–Kier alpha value is -0.110. The Balaban J connectivity index is 2.18. The van der Waals surface area contributed by atoms with E-state index in [9.17, 15) is 4.39 Å². The van der Waals surface area contributed by atoms with Crippen LogP contribution in [0.4, 0.5) is 4.39 Å². The third-order valence-corrected chi connectivity index (χ3v) is 1.93. The molecule has 0 aromatic carbocycles. The third-order valence-electron chi connectivity index (χ3n) is 1.93. The van der Waals surface area contributed by atoms with E-state index in [2.05, 4.69) is 0 Å². The van der Waals surface area contributed by atoms with Gasteiger partial charge in [0.15, 0.2) is 0 Å². The average molecular weight is 146 g/mol. The predicted octanol–water partition coefficient (Wildman–Crippen LogP) is 2.30.